The fraction of sp³-hybridized carbons (Fsp3) is 0.238. The lowest BCUT2D eigenvalue weighted by molar-refractivity contribution is -0.0467. The Balaban J connectivity index is 2.00. The fourth-order valence-corrected chi connectivity index (χ4v) is 3.06. The van der Waals surface area contributed by atoms with Gasteiger partial charge in [0.05, 0.1) is 6.61 Å². The largest absolute Gasteiger partial charge is 0.395 e. The molecular formula is C21H22N2O2. The van der Waals surface area contributed by atoms with E-state index in [1.165, 1.54) is 6.33 Å². The van der Waals surface area contributed by atoms with Gasteiger partial charge in [-0.1, -0.05) is 61.5 Å². The molecule has 3 rings (SSSR count). The number of nitrogens with zero attached hydrogens (tertiary/aromatic N) is 2. The molecular weight excluding hydrogens is 312 g/mol. The van der Waals surface area contributed by atoms with Crippen LogP contribution < -0.4 is 0 Å². The van der Waals surface area contributed by atoms with Gasteiger partial charge in [-0.25, -0.2) is 9.97 Å². The maximum Gasteiger partial charge on any atom is 0.115 e. The van der Waals surface area contributed by atoms with Crippen LogP contribution in [0.1, 0.15) is 25.0 Å². The van der Waals surface area contributed by atoms with Crippen LogP contribution in [0.3, 0.4) is 0 Å². The molecule has 2 unspecified atom stereocenters. The van der Waals surface area contributed by atoms with Gasteiger partial charge in [-0.05, 0) is 23.6 Å². The van der Waals surface area contributed by atoms with Gasteiger partial charge < -0.3 is 10.2 Å². The summed E-state index contributed by atoms with van der Waals surface area (Å²) in [5.41, 5.74) is 1.42. The highest BCUT2D eigenvalue weighted by Gasteiger charge is 2.46. The van der Waals surface area contributed by atoms with E-state index < -0.39 is 11.0 Å². The van der Waals surface area contributed by atoms with Crippen molar-refractivity contribution in [2.45, 2.75) is 24.9 Å². The van der Waals surface area contributed by atoms with Gasteiger partial charge in [0.15, 0.2) is 0 Å². The summed E-state index contributed by atoms with van der Waals surface area (Å²) in [7, 11) is 0. The molecule has 0 bridgehead atoms. The maximum atomic E-state index is 11.2. The third-order valence-electron chi connectivity index (χ3n) is 5.14. The van der Waals surface area contributed by atoms with Gasteiger partial charge in [0.2, 0.25) is 0 Å². The average Bonchev–Trinajstić information content (AvgIpc) is 2.68. The van der Waals surface area contributed by atoms with E-state index in [-0.39, 0.29) is 6.61 Å². The van der Waals surface area contributed by atoms with E-state index in [2.05, 4.69) is 22.1 Å². The van der Waals surface area contributed by atoms with Gasteiger partial charge in [-0.15, -0.1) is 0 Å². The molecule has 0 spiro atoms. The van der Waals surface area contributed by atoms with E-state index in [1.54, 1.807) is 19.3 Å². The number of benzene rings is 2. The van der Waals surface area contributed by atoms with Crippen LogP contribution in [-0.2, 0) is 11.0 Å². The standard InChI is InChI=1S/C21H22N2O2/c1-20(14-24,21(2,25)19-12-22-15-23-13-19)18-10-8-17(9-11-18)16-6-4-3-5-7-16/h3-13,15,24-25H,14H2,1-2H3. The molecule has 2 atom stereocenters. The first kappa shape index (κ1) is 17.3. The normalized spacial score (nSPS) is 16.0. The van der Waals surface area contributed by atoms with Crippen LogP contribution in [0.4, 0.5) is 0 Å². The Morgan fingerprint density at radius 3 is 1.92 bits per heavy atom. The van der Waals surface area contributed by atoms with Crippen LogP contribution >= 0.6 is 0 Å². The summed E-state index contributed by atoms with van der Waals surface area (Å²) in [5, 5.41) is 21.3. The molecule has 25 heavy (non-hydrogen) atoms. The molecule has 2 N–H and O–H groups in total. The number of rotatable bonds is 5. The van der Waals surface area contributed by atoms with Crippen molar-refractivity contribution >= 4 is 0 Å². The third kappa shape index (κ3) is 3.06. The van der Waals surface area contributed by atoms with Crippen LogP contribution in [0.15, 0.2) is 73.3 Å². The molecule has 0 aliphatic rings. The van der Waals surface area contributed by atoms with Crippen molar-refractivity contribution in [2.75, 3.05) is 6.61 Å². The first-order chi connectivity index (χ1) is 12.0. The summed E-state index contributed by atoms with van der Waals surface area (Å²) < 4.78 is 0. The predicted molar refractivity (Wildman–Crippen MR) is 97.9 cm³/mol. The molecule has 128 valence electrons. The topological polar surface area (TPSA) is 66.2 Å². The van der Waals surface area contributed by atoms with E-state index in [9.17, 15) is 10.2 Å². The minimum atomic E-state index is -1.32. The molecule has 3 aromatic rings. The molecule has 0 aliphatic heterocycles. The highest BCUT2D eigenvalue weighted by Crippen LogP contribution is 2.42. The van der Waals surface area contributed by atoms with Gasteiger partial charge in [0, 0.05) is 23.4 Å². The van der Waals surface area contributed by atoms with Crippen LogP contribution in [0.25, 0.3) is 11.1 Å². The molecule has 4 nitrogen and oxygen atoms in total. The second-order valence-electron chi connectivity index (χ2n) is 6.63. The van der Waals surface area contributed by atoms with Gasteiger partial charge in [0.25, 0.3) is 0 Å². The monoisotopic (exact) mass is 334 g/mol. The molecule has 0 saturated heterocycles. The van der Waals surface area contributed by atoms with E-state index in [4.69, 9.17) is 0 Å². The molecule has 4 heteroatoms. The quantitative estimate of drug-likeness (QED) is 0.751. The van der Waals surface area contributed by atoms with Crippen LogP contribution in [0.5, 0.6) is 0 Å². The zero-order valence-corrected chi connectivity index (χ0v) is 14.4. The fourth-order valence-electron chi connectivity index (χ4n) is 3.06. The van der Waals surface area contributed by atoms with Gasteiger partial charge in [-0.2, -0.15) is 0 Å². The van der Waals surface area contributed by atoms with Crippen LogP contribution in [-0.4, -0.2) is 26.8 Å². The lowest BCUT2D eigenvalue weighted by atomic mass is 9.67. The summed E-state index contributed by atoms with van der Waals surface area (Å²) in [5.74, 6) is 0. The van der Waals surface area contributed by atoms with Gasteiger partial charge >= 0.3 is 0 Å². The number of hydrogen-bond donors (Lipinski definition) is 2. The zero-order chi connectivity index (χ0) is 17.9. The van der Waals surface area contributed by atoms with Crippen molar-refractivity contribution in [3.05, 3.63) is 84.4 Å². The second kappa shape index (κ2) is 6.75. The Hall–Kier alpha value is -2.56. The van der Waals surface area contributed by atoms with Crippen molar-refractivity contribution in [1.29, 1.82) is 0 Å². The third-order valence-corrected chi connectivity index (χ3v) is 5.14. The molecule has 0 saturated carbocycles. The van der Waals surface area contributed by atoms with Crippen molar-refractivity contribution in [1.82, 2.24) is 9.97 Å². The molecule has 0 radical (unpaired) electrons. The van der Waals surface area contributed by atoms with Crippen LogP contribution in [0, 0.1) is 0 Å². The molecule has 0 amide bonds. The summed E-state index contributed by atoms with van der Waals surface area (Å²) in [6, 6.07) is 18.0. The van der Waals surface area contributed by atoms with E-state index in [0.29, 0.717) is 5.56 Å². The highest BCUT2D eigenvalue weighted by molar-refractivity contribution is 5.63. The van der Waals surface area contributed by atoms with Gasteiger partial charge in [0.1, 0.15) is 11.9 Å². The minimum absolute atomic E-state index is 0.209. The van der Waals surface area contributed by atoms with Crippen molar-refractivity contribution in [3.63, 3.8) is 0 Å². The van der Waals surface area contributed by atoms with Crippen molar-refractivity contribution < 1.29 is 10.2 Å². The first-order valence-corrected chi connectivity index (χ1v) is 8.24. The molecule has 0 aliphatic carbocycles. The number of hydrogen-bond acceptors (Lipinski definition) is 4. The zero-order valence-electron chi connectivity index (χ0n) is 14.4. The lowest BCUT2D eigenvalue weighted by Gasteiger charge is -2.42. The number of aliphatic hydroxyl groups excluding tert-OH is 1. The minimum Gasteiger partial charge on any atom is -0.395 e. The Labute approximate surface area is 147 Å². The second-order valence-corrected chi connectivity index (χ2v) is 6.63. The van der Waals surface area contributed by atoms with Crippen molar-refractivity contribution in [3.8, 4) is 11.1 Å². The van der Waals surface area contributed by atoms with Gasteiger partial charge in [-0.3, -0.25) is 0 Å². The molecule has 1 aromatic heterocycles. The maximum absolute atomic E-state index is 11.2. The highest BCUT2D eigenvalue weighted by atomic mass is 16.3. The average molecular weight is 334 g/mol. The van der Waals surface area contributed by atoms with E-state index in [0.717, 1.165) is 16.7 Å². The Morgan fingerprint density at radius 2 is 1.36 bits per heavy atom. The SMILES string of the molecule is CC(O)(c1cncnc1)C(C)(CO)c1ccc(-c2ccccc2)cc1. The number of aromatic nitrogens is 2. The first-order valence-electron chi connectivity index (χ1n) is 8.24. The molecule has 2 aromatic carbocycles. The smallest absolute Gasteiger partial charge is 0.115 e. The summed E-state index contributed by atoms with van der Waals surface area (Å²) in [4.78, 5) is 7.99. The molecule has 1 heterocycles. The molecule has 0 fully saturated rings. The number of aliphatic hydroxyl groups is 2. The predicted octanol–water partition coefficient (Wildman–Crippen LogP) is 3.30. The summed E-state index contributed by atoms with van der Waals surface area (Å²) in [6.07, 6.45) is 4.59. The summed E-state index contributed by atoms with van der Waals surface area (Å²) in [6.45, 7) is 3.32. The van der Waals surface area contributed by atoms with Crippen LogP contribution in [0.2, 0.25) is 0 Å². The lowest BCUT2D eigenvalue weighted by Crippen LogP contribution is -2.48. The Bertz CT molecular complexity index is 818. The van der Waals surface area contributed by atoms with E-state index in [1.807, 2.05) is 49.4 Å². The summed E-state index contributed by atoms with van der Waals surface area (Å²) >= 11 is 0. The Kier molecular flexibility index (Phi) is 4.66. The van der Waals surface area contributed by atoms with Crippen molar-refractivity contribution in [2.24, 2.45) is 0 Å². The van der Waals surface area contributed by atoms with E-state index >= 15 is 0 Å². The Morgan fingerprint density at radius 1 is 0.800 bits per heavy atom.